The molecule has 1 aliphatic rings. The quantitative estimate of drug-likeness (QED) is 0.266. The number of anilines is 2. The first-order valence-corrected chi connectivity index (χ1v) is 13.4. The highest BCUT2D eigenvalue weighted by molar-refractivity contribution is 7.80. The van der Waals surface area contributed by atoms with Gasteiger partial charge in [0.05, 0.1) is 17.8 Å². The van der Waals surface area contributed by atoms with Crippen LogP contribution in [-0.2, 0) is 4.79 Å². The van der Waals surface area contributed by atoms with Gasteiger partial charge in [-0.3, -0.25) is 9.78 Å². The standard InChI is InChI=1S/C31H32FN5OS/c1-18(2)30(38)34-26-13-12-24(15-19(26)3)37-29(28(35-31(37)39)27-11-6-7-14-33-27)25-16-20(4)36(21(25)5)23-10-8-9-22(32)17-23/h6-18,28-29H,1-5H3,(H,34,38)(H,35,39)/t28-,29-/m0/s1. The molecule has 2 aromatic carbocycles. The Bertz CT molecular complexity index is 1550. The van der Waals surface area contributed by atoms with Crippen molar-refractivity contribution in [1.82, 2.24) is 14.9 Å². The number of aryl methyl sites for hydroxylation is 2. The Kier molecular flexibility index (Phi) is 7.23. The van der Waals surface area contributed by atoms with Crippen LogP contribution in [0.25, 0.3) is 5.69 Å². The molecule has 8 heteroatoms. The second kappa shape index (κ2) is 10.6. The largest absolute Gasteiger partial charge is 0.351 e. The minimum absolute atomic E-state index is 0.0258. The summed E-state index contributed by atoms with van der Waals surface area (Å²) in [5, 5.41) is 7.11. The third kappa shape index (κ3) is 5.04. The van der Waals surface area contributed by atoms with Crippen molar-refractivity contribution >= 4 is 34.6 Å². The number of halogens is 1. The second-order valence-corrected chi connectivity index (χ2v) is 10.7. The summed E-state index contributed by atoms with van der Waals surface area (Å²) >= 11 is 5.91. The molecular weight excluding hydrogens is 509 g/mol. The third-order valence-corrected chi connectivity index (χ3v) is 7.54. The zero-order chi connectivity index (χ0) is 27.8. The highest BCUT2D eigenvalue weighted by Gasteiger charge is 2.42. The Hall–Kier alpha value is -4.04. The van der Waals surface area contributed by atoms with E-state index in [1.54, 1.807) is 18.3 Å². The lowest BCUT2D eigenvalue weighted by Gasteiger charge is -2.29. The number of nitrogens with zero attached hydrogens (tertiary/aromatic N) is 3. The molecule has 0 spiro atoms. The van der Waals surface area contributed by atoms with E-state index in [1.807, 2.05) is 70.2 Å². The molecule has 1 fully saturated rings. The van der Waals surface area contributed by atoms with E-state index in [0.29, 0.717) is 5.11 Å². The zero-order valence-electron chi connectivity index (χ0n) is 22.7. The van der Waals surface area contributed by atoms with E-state index in [0.717, 1.165) is 45.3 Å². The predicted molar refractivity (Wildman–Crippen MR) is 158 cm³/mol. The maximum absolute atomic E-state index is 14.2. The molecule has 6 nitrogen and oxygen atoms in total. The molecule has 5 rings (SSSR count). The van der Waals surface area contributed by atoms with E-state index in [1.165, 1.54) is 6.07 Å². The minimum Gasteiger partial charge on any atom is -0.351 e. The highest BCUT2D eigenvalue weighted by atomic mass is 32.1. The summed E-state index contributed by atoms with van der Waals surface area (Å²) in [5.74, 6) is -0.420. The molecule has 2 N–H and O–H groups in total. The van der Waals surface area contributed by atoms with Gasteiger partial charge in [-0.05, 0) is 98.7 Å². The van der Waals surface area contributed by atoms with Gasteiger partial charge in [-0.2, -0.15) is 0 Å². The number of nitrogens with one attached hydrogen (secondary N) is 2. The molecule has 4 aromatic rings. The maximum atomic E-state index is 14.2. The summed E-state index contributed by atoms with van der Waals surface area (Å²) < 4.78 is 16.2. The van der Waals surface area contributed by atoms with Crippen LogP contribution < -0.4 is 15.5 Å². The number of hydrogen-bond acceptors (Lipinski definition) is 3. The maximum Gasteiger partial charge on any atom is 0.226 e. The fourth-order valence-corrected chi connectivity index (χ4v) is 5.61. The van der Waals surface area contributed by atoms with Crippen molar-refractivity contribution in [2.45, 2.75) is 46.7 Å². The Morgan fingerprint density at radius 1 is 1.03 bits per heavy atom. The number of thiocarbonyl (C=S) groups is 1. The third-order valence-electron chi connectivity index (χ3n) is 7.22. The number of rotatable bonds is 6. The first kappa shape index (κ1) is 26.6. The van der Waals surface area contributed by atoms with Crippen LogP contribution in [0, 0.1) is 32.5 Å². The molecule has 3 heterocycles. The smallest absolute Gasteiger partial charge is 0.226 e. The van der Waals surface area contributed by atoms with Crippen LogP contribution in [0.4, 0.5) is 15.8 Å². The van der Waals surface area contributed by atoms with Crippen LogP contribution in [0.2, 0.25) is 0 Å². The van der Waals surface area contributed by atoms with Crippen molar-refractivity contribution in [3.63, 3.8) is 0 Å². The molecule has 1 amide bonds. The van der Waals surface area contributed by atoms with E-state index >= 15 is 0 Å². The number of carbonyl (C=O) groups is 1. The predicted octanol–water partition coefficient (Wildman–Crippen LogP) is 6.71. The number of amides is 1. The van der Waals surface area contributed by atoms with Gasteiger partial charge < -0.3 is 20.1 Å². The van der Waals surface area contributed by atoms with Gasteiger partial charge in [-0.1, -0.05) is 26.0 Å². The minimum atomic E-state index is -0.279. The lowest BCUT2D eigenvalue weighted by atomic mass is 9.96. The molecule has 0 bridgehead atoms. The molecule has 0 radical (unpaired) electrons. The Labute approximate surface area is 233 Å². The van der Waals surface area contributed by atoms with Gasteiger partial charge in [0.1, 0.15) is 5.82 Å². The highest BCUT2D eigenvalue weighted by Crippen LogP contribution is 2.44. The van der Waals surface area contributed by atoms with Crippen LogP contribution in [0.5, 0.6) is 0 Å². The first-order valence-electron chi connectivity index (χ1n) is 13.0. The van der Waals surface area contributed by atoms with E-state index in [2.05, 4.69) is 38.1 Å². The topological polar surface area (TPSA) is 62.2 Å². The fourth-order valence-electron chi connectivity index (χ4n) is 5.26. The molecular formula is C31H32FN5OS. The molecule has 39 heavy (non-hydrogen) atoms. The number of aromatic nitrogens is 2. The Balaban J connectivity index is 1.62. The molecule has 2 aromatic heterocycles. The zero-order valence-corrected chi connectivity index (χ0v) is 23.5. The van der Waals surface area contributed by atoms with Crippen molar-refractivity contribution in [2.75, 3.05) is 10.2 Å². The fraction of sp³-hybridized carbons (Fsp3) is 0.258. The molecule has 200 valence electrons. The van der Waals surface area contributed by atoms with Gasteiger partial charge in [-0.25, -0.2) is 4.39 Å². The van der Waals surface area contributed by atoms with Crippen LogP contribution in [0.3, 0.4) is 0 Å². The second-order valence-electron chi connectivity index (χ2n) is 10.3. The van der Waals surface area contributed by atoms with Gasteiger partial charge in [0.2, 0.25) is 5.91 Å². The van der Waals surface area contributed by atoms with Gasteiger partial charge >= 0.3 is 0 Å². The van der Waals surface area contributed by atoms with Gasteiger partial charge in [0, 0.05) is 40.6 Å². The molecule has 2 atom stereocenters. The molecule has 1 saturated heterocycles. The summed E-state index contributed by atoms with van der Waals surface area (Å²) in [4.78, 5) is 19.1. The number of carbonyl (C=O) groups excluding carboxylic acids is 1. The molecule has 0 unspecified atom stereocenters. The first-order chi connectivity index (χ1) is 18.7. The summed E-state index contributed by atoms with van der Waals surface area (Å²) in [6, 6.07) is 20.2. The molecule has 0 saturated carbocycles. The van der Waals surface area contributed by atoms with E-state index in [9.17, 15) is 9.18 Å². The lowest BCUT2D eigenvalue weighted by molar-refractivity contribution is -0.118. The van der Waals surface area contributed by atoms with Crippen molar-refractivity contribution in [1.29, 1.82) is 0 Å². The molecule has 1 aliphatic heterocycles. The van der Waals surface area contributed by atoms with Crippen LogP contribution in [0.1, 0.15) is 54.1 Å². The SMILES string of the molecule is Cc1cc(N2C(=S)N[C@@H](c3ccccn3)[C@@H]2c2cc(C)n(-c3cccc(F)c3)c2C)ccc1NC(=O)C(C)C. The van der Waals surface area contributed by atoms with E-state index in [4.69, 9.17) is 12.2 Å². The van der Waals surface area contributed by atoms with Gasteiger partial charge in [0.15, 0.2) is 5.11 Å². The van der Waals surface area contributed by atoms with E-state index in [-0.39, 0.29) is 29.7 Å². The number of hydrogen-bond donors (Lipinski definition) is 2. The van der Waals surface area contributed by atoms with Crippen molar-refractivity contribution in [3.05, 3.63) is 107 Å². The Morgan fingerprint density at radius 3 is 2.49 bits per heavy atom. The van der Waals surface area contributed by atoms with Crippen molar-refractivity contribution < 1.29 is 9.18 Å². The number of pyridine rings is 1. The summed E-state index contributed by atoms with van der Waals surface area (Å²) in [6.45, 7) is 9.80. The van der Waals surface area contributed by atoms with Crippen LogP contribution in [0.15, 0.2) is 72.9 Å². The summed E-state index contributed by atoms with van der Waals surface area (Å²) in [6.07, 6.45) is 1.78. The summed E-state index contributed by atoms with van der Waals surface area (Å²) in [7, 11) is 0. The lowest BCUT2D eigenvalue weighted by Crippen LogP contribution is -2.29. The molecule has 0 aliphatic carbocycles. The summed E-state index contributed by atoms with van der Waals surface area (Å²) in [5.41, 5.74) is 7.33. The Morgan fingerprint density at radius 2 is 1.82 bits per heavy atom. The van der Waals surface area contributed by atoms with Crippen molar-refractivity contribution in [2.24, 2.45) is 5.92 Å². The normalized spacial score (nSPS) is 17.0. The average Bonchev–Trinajstić information content (AvgIpc) is 3.40. The van der Waals surface area contributed by atoms with Gasteiger partial charge in [0.25, 0.3) is 0 Å². The van der Waals surface area contributed by atoms with Crippen molar-refractivity contribution in [3.8, 4) is 5.69 Å². The monoisotopic (exact) mass is 541 g/mol. The average molecular weight is 542 g/mol. The van der Waals surface area contributed by atoms with Gasteiger partial charge in [-0.15, -0.1) is 0 Å². The van der Waals surface area contributed by atoms with Crippen LogP contribution in [-0.4, -0.2) is 20.6 Å². The van der Waals surface area contributed by atoms with E-state index < -0.39 is 0 Å². The van der Waals surface area contributed by atoms with Crippen LogP contribution >= 0.6 is 12.2 Å². The number of benzene rings is 2.